The molecule has 3 heterocycles. The van der Waals surface area contributed by atoms with Crippen LogP contribution in [0.1, 0.15) is 5.56 Å². The zero-order chi connectivity index (χ0) is 17.0. The maximum absolute atomic E-state index is 12.2. The summed E-state index contributed by atoms with van der Waals surface area (Å²) in [5.74, 6) is 1.96. The Morgan fingerprint density at radius 1 is 1.42 bits per heavy atom. The van der Waals surface area contributed by atoms with Crippen LogP contribution < -0.4 is 5.32 Å². The van der Waals surface area contributed by atoms with Gasteiger partial charge in [-0.2, -0.15) is 23.1 Å². The molecule has 3 rings (SSSR count). The van der Waals surface area contributed by atoms with Gasteiger partial charge in [-0.1, -0.05) is 0 Å². The first kappa shape index (κ1) is 17.2. The van der Waals surface area contributed by atoms with Gasteiger partial charge in [-0.25, -0.2) is 8.42 Å². The molecule has 1 aromatic rings. The molecule has 0 unspecified atom stereocenters. The number of hydrogen-bond acceptors (Lipinski definition) is 6. The first-order valence-corrected chi connectivity index (χ1v) is 11.1. The number of carbonyl (C=O) groups excluding carboxylic acids is 1. The predicted molar refractivity (Wildman–Crippen MR) is 98.6 cm³/mol. The van der Waals surface area contributed by atoms with Gasteiger partial charge in [-0.3, -0.25) is 4.79 Å². The molecule has 1 amide bonds. The van der Waals surface area contributed by atoms with Crippen molar-refractivity contribution in [3.8, 4) is 0 Å². The molecule has 1 N–H and O–H groups in total. The van der Waals surface area contributed by atoms with Crippen LogP contribution in [0.2, 0.25) is 0 Å². The van der Waals surface area contributed by atoms with Crippen LogP contribution >= 0.6 is 23.1 Å². The number of sulfonamides is 1. The van der Waals surface area contributed by atoms with Crippen LogP contribution in [0.5, 0.6) is 0 Å². The molecular weight excluding hydrogens is 366 g/mol. The molecule has 0 aromatic carbocycles. The fraction of sp³-hybridized carbons (Fsp3) is 0.333. The van der Waals surface area contributed by atoms with Crippen molar-refractivity contribution in [3.05, 3.63) is 46.3 Å². The van der Waals surface area contributed by atoms with E-state index in [-0.39, 0.29) is 11.7 Å². The quantitative estimate of drug-likeness (QED) is 0.755. The SMILES string of the molecule is O=C(NCCSCc1ccsc1)C1=CN2CCS(=O)(=O)N=C2C=C1. The minimum atomic E-state index is -3.37. The summed E-state index contributed by atoms with van der Waals surface area (Å²) in [6.07, 6.45) is 4.82. The molecule has 0 spiro atoms. The van der Waals surface area contributed by atoms with Crippen LogP contribution in [0.25, 0.3) is 0 Å². The highest BCUT2D eigenvalue weighted by molar-refractivity contribution is 7.98. The zero-order valence-corrected chi connectivity index (χ0v) is 15.3. The van der Waals surface area contributed by atoms with Crippen molar-refractivity contribution in [2.45, 2.75) is 5.75 Å². The van der Waals surface area contributed by atoms with Crippen molar-refractivity contribution in [1.82, 2.24) is 10.2 Å². The normalized spacial score (nSPS) is 18.6. The number of carbonyl (C=O) groups is 1. The van der Waals surface area contributed by atoms with Crippen LogP contribution in [0.15, 0.2) is 45.1 Å². The van der Waals surface area contributed by atoms with E-state index in [4.69, 9.17) is 0 Å². The van der Waals surface area contributed by atoms with Gasteiger partial charge in [0.2, 0.25) is 0 Å². The summed E-state index contributed by atoms with van der Waals surface area (Å²) < 4.78 is 26.6. The molecule has 0 radical (unpaired) electrons. The van der Waals surface area contributed by atoms with Crippen molar-refractivity contribution >= 4 is 44.9 Å². The number of thioether (sulfide) groups is 1. The lowest BCUT2D eigenvalue weighted by Gasteiger charge is -2.26. The first-order valence-electron chi connectivity index (χ1n) is 7.40. The van der Waals surface area contributed by atoms with E-state index in [0.29, 0.717) is 24.5 Å². The second-order valence-corrected chi connectivity index (χ2v) is 8.93. The van der Waals surface area contributed by atoms with Gasteiger partial charge in [-0.05, 0) is 34.5 Å². The Balaban J connectivity index is 1.46. The highest BCUT2D eigenvalue weighted by Crippen LogP contribution is 2.16. The Labute approximate surface area is 149 Å². The van der Waals surface area contributed by atoms with Crippen LogP contribution in [0.3, 0.4) is 0 Å². The summed E-state index contributed by atoms with van der Waals surface area (Å²) in [6, 6.07) is 2.10. The van der Waals surface area contributed by atoms with Crippen LogP contribution in [0.4, 0.5) is 0 Å². The molecule has 0 bridgehead atoms. The van der Waals surface area contributed by atoms with E-state index < -0.39 is 10.0 Å². The highest BCUT2D eigenvalue weighted by atomic mass is 32.2. The van der Waals surface area contributed by atoms with Crippen molar-refractivity contribution in [1.29, 1.82) is 0 Å². The minimum Gasteiger partial charge on any atom is -0.351 e. The van der Waals surface area contributed by atoms with E-state index in [1.165, 1.54) is 5.56 Å². The smallest absolute Gasteiger partial charge is 0.256 e. The zero-order valence-electron chi connectivity index (χ0n) is 12.8. The Bertz CT molecular complexity index is 795. The number of amidine groups is 1. The van der Waals surface area contributed by atoms with Gasteiger partial charge in [0, 0.05) is 30.8 Å². The van der Waals surface area contributed by atoms with Gasteiger partial charge >= 0.3 is 0 Å². The van der Waals surface area contributed by atoms with Crippen LogP contribution in [0, 0.1) is 0 Å². The lowest BCUT2D eigenvalue weighted by molar-refractivity contribution is -0.117. The maximum atomic E-state index is 12.2. The lowest BCUT2D eigenvalue weighted by Crippen LogP contribution is -2.38. The number of nitrogens with zero attached hydrogens (tertiary/aromatic N) is 2. The van der Waals surface area contributed by atoms with Crippen LogP contribution in [-0.4, -0.2) is 49.7 Å². The molecule has 6 nitrogen and oxygen atoms in total. The average Bonchev–Trinajstić information content (AvgIpc) is 3.06. The van der Waals surface area contributed by atoms with Gasteiger partial charge in [0.1, 0.15) is 5.84 Å². The molecule has 24 heavy (non-hydrogen) atoms. The summed E-state index contributed by atoms with van der Waals surface area (Å²) in [6.45, 7) is 0.910. The molecular formula is C15H17N3O3S3. The number of amides is 1. The Kier molecular flexibility index (Phi) is 5.42. The van der Waals surface area contributed by atoms with Crippen molar-refractivity contribution in [2.75, 3.05) is 24.6 Å². The average molecular weight is 384 g/mol. The number of fused-ring (bicyclic) bond motifs is 1. The number of hydrogen-bond donors (Lipinski definition) is 1. The molecule has 0 atom stereocenters. The molecule has 0 fully saturated rings. The van der Waals surface area contributed by atoms with Gasteiger partial charge in [-0.15, -0.1) is 4.40 Å². The van der Waals surface area contributed by atoms with Gasteiger partial charge in [0.25, 0.3) is 15.9 Å². The van der Waals surface area contributed by atoms with Gasteiger partial charge < -0.3 is 10.2 Å². The van der Waals surface area contributed by atoms with E-state index in [9.17, 15) is 13.2 Å². The molecule has 9 heteroatoms. The monoisotopic (exact) mass is 383 g/mol. The molecule has 128 valence electrons. The van der Waals surface area contributed by atoms with Crippen molar-refractivity contribution in [3.63, 3.8) is 0 Å². The number of rotatable bonds is 6. The van der Waals surface area contributed by atoms with Gasteiger partial charge in [0.15, 0.2) is 0 Å². The van der Waals surface area contributed by atoms with Crippen LogP contribution in [-0.2, 0) is 20.6 Å². The van der Waals surface area contributed by atoms with E-state index in [0.717, 1.165) is 11.5 Å². The Morgan fingerprint density at radius 2 is 2.29 bits per heavy atom. The molecule has 0 saturated carbocycles. The number of nitrogens with one attached hydrogen (secondary N) is 1. The van der Waals surface area contributed by atoms with Crippen molar-refractivity contribution < 1.29 is 13.2 Å². The summed E-state index contributed by atoms with van der Waals surface area (Å²) in [5, 5.41) is 7.07. The van der Waals surface area contributed by atoms with E-state index in [1.807, 2.05) is 0 Å². The summed E-state index contributed by atoms with van der Waals surface area (Å²) in [7, 11) is -3.37. The fourth-order valence-corrected chi connectivity index (χ4v) is 4.79. The van der Waals surface area contributed by atoms with E-state index in [1.54, 1.807) is 46.4 Å². The Hall–Kier alpha value is -1.58. The third-order valence-electron chi connectivity index (χ3n) is 3.47. The highest BCUT2D eigenvalue weighted by Gasteiger charge is 2.24. The van der Waals surface area contributed by atoms with E-state index in [2.05, 4.69) is 26.5 Å². The maximum Gasteiger partial charge on any atom is 0.256 e. The molecule has 1 aromatic heterocycles. The topological polar surface area (TPSA) is 78.8 Å². The summed E-state index contributed by atoms with van der Waals surface area (Å²) >= 11 is 3.46. The fourth-order valence-electron chi connectivity index (χ4n) is 2.24. The standard InChI is InChI=1S/C15H17N3O3S3/c19-15(16-4-7-23-11-12-3-6-22-10-12)13-1-2-14-17-24(20,21)8-5-18(14)9-13/h1-3,6,9-10H,4-5,7-8,11H2,(H,16,19). The first-order chi connectivity index (χ1) is 11.5. The third-order valence-corrected chi connectivity index (χ3v) is 6.39. The largest absolute Gasteiger partial charge is 0.351 e. The third kappa shape index (κ3) is 4.49. The Morgan fingerprint density at radius 3 is 3.08 bits per heavy atom. The van der Waals surface area contributed by atoms with Crippen molar-refractivity contribution in [2.24, 2.45) is 4.40 Å². The number of thiophene rings is 1. The van der Waals surface area contributed by atoms with Gasteiger partial charge in [0.05, 0.1) is 11.3 Å². The van der Waals surface area contributed by atoms with E-state index >= 15 is 0 Å². The summed E-state index contributed by atoms with van der Waals surface area (Å²) in [5.41, 5.74) is 1.82. The lowest BCUT2D eigenvalue weighted by atomic mass is 10.2. The molecule has 2 aliphatic rings. The molecule has 0 aliphatic carbocycles. The second-order valence-electron chi connectivity index (χ2n) is 5.29. The molecule has 0 saturated heterocycles. The molecule has 2 aliphatic heterocycles. The predicted octanol–water partition coefficient (Wildman–Crippen LogP) is 1.60. The minimum absolute atomic E-state index is 0.0328. The second kappa shape index (κ2) is 7.54. The summed E-state index contributed by atoms with van der Waals surface area (Å²) in [4.78, 5) is 13.9.